The number of amides is 2. The number of hydrogen-bond donors (Lipinski definition) is 3. The van der Waals surface area contributed by atoms with Gasteiger partial charge in [0.15, 0.2) is 17.0 Å². The summed E-state index contributed by atoms with van der Waals surface area (Å²) < 4.78 is 50.8. The Bertz CT molecular complexity index is 1230. The van der Waals surface area contributed by atoms with Crippen molar-refractivity contribution >= 4 is 35.2 Å². The molecule has 0 aromatic heterocycles. The number of nitrogens with zero attached hydrogens (tertiary/aromatic N) is 1. The van der Waals surface area contributed by atoms with Gasteiger partial charge in [0.05, 0.1) is 6.61 Å². The van der Waals surface area contributed by atoms with Crippen molar-refractivity contribution in [2.24, 2.45) is 11.7 Å². The van der Waals surface area contributed by atoms with Crippen LogP contribution in [0.2, 0.25) is 0 Å². The zero-order valence-corrected chi connectivity index (χ0v) is 24.6. The predicted molar refractivity (Wildman–Crippen MR) is 154 cm³/mol. The Hall–Kier alpha value is -3.29. The normalized spacial score (nSPS) is 16.3. The van der Waals surface area contributed by atoms with Gasteiger partial charge in [0.25, 0.3) is 5.91 Å². The van der Waals surface area contributed by atoms with E-state index < -0.39 is 34.9 Å². The van der Waals surface area contributed by atoms with E-state index in [4.69, 9.17) is 15.2 Å². The highest BCUT2D eigenvalue weighted by Crippen LogP contribution is 2.26. The molecule has 2 aromatic rings. The molecular weight excluding hydrogens is 573 g/mol. The lowest BCUT2D eigenvalue weighted by Gasteiger charge is -2.24. The summed E-state index contributed by atoms with van der Waals surface area (Å²) in [6.45, 7) is 4.88. The predicted octanol–water partition coefficient (Wildman–Crippen LogP) is 3.21. The van der Waals surface area contributed by atoms with Crippen molar-refractivity contribution in [3.8, 4) is 0 Å². The van der Waals surface area contributed by atoms with Crippen molar-refractivity contribution < 1.29 is 37.0 Å². The van der Waals surface area contributed by atoms with Crippen LogP contribution in [0.3, 0.4) is 0 Å². The second kappa shape index (κ2) is 15.8. The number of benzene rings is 2. The molecule has 9 nitrogen and oxygen atoms in total. The number of thioether (sulfide) groups is 1. The smallest absolute Gasteiger partial charge is 0.328 e. The highest BCUT2D eigenvalue weighted by Gasteiger charge is 2.35. The first-order valence-corrected chi connectivity index (χ1v) is 14.6. The van der Waals surface area contributed by atoms with E-state index in [1.165, 1.54) is 23.8 Å². The van der Waals surface area contributed by atoms with Crippen LogP contribution in [0.25, 0.3) is 0 Å². The van der Waals surface area contributed by atoms with Crippen molar-refractivity contribution in [1.29, 1.82) is 0 Å². The minimum Gasteiger partial charge on any atom is -0.462 e. The highest BCUT2D eigenvalue weighted by atomic mass is 32.2. The Morgan fingerprint density at radius 1 is 1.07 bits per heavy atom. The van der Waals surface area contributed by atoms with E-state index in [-0.39, 0.29) is 55.3 Å². The molecule has 3 atom stereocenters. The fourth-order valence-electron chi connectivity index (χ4n) is 4.35. The quantitative estimate of drug-likeness (QED) is 0.169. The van der Waals surface area contributed by atoms with Gasteiger partial charge in [-0.05, 0) is 41.7 Å². The Kier molecular flexibility index (Phi) is 12.5. The number of carbonyl (C=O) groups excluding carboxylic acids is 3. The number of esters is 1. The first-order valence-electron chi connectivity index (χ1n) is 13.6. The van der Waals surface area contributed by atoms with Gasteiger partial charge in [0.2, 0.25) is 5.91 Å². The van der Waals surface area contributed by atoms with Crippen molar-refractivity contribution in [2.45, 2.75) is 50.7 Å². The Labute approximate surface area is 247 Å². The number of ether oxygens (including phenoxy) is 2. The van der Waals surface area contributed by atoms with Crippen LogP contribution < -0.4 is 16.4 Å². The van der Waals surface area contributed by atoms with Crippen LogP contribution in [-0.2, 0) is 36.8 Å². The van der Waals surface area contributed by atoms with E-state index >= 15 is 0 Å². The molecule has 13 heteroatoms. The summed E-state index contributed by atoms with van der Waals surface area (Å²) in [4.78, 5) is 39.7. The summed E-state index contributed by atoms with van der Waals surface area (Å²) in [5.41, 5.74) is 7.43. The zero-order chi connectivity index (χ0) is 30.8. The molecule has 1 fully saturated rings. The van der Waals surface area contributed by atoms with Gasteiger partial charge in [-0.3, -0.25) is 9.59 Å². The lowest BCUT2D eigenvalue weighted by Crippen LogP contribution is -2.46. The molecule has 0 aliphatic carbocycles. The van der Waals surface area contributed by atoms with E-state index in [0.29, 0.717) is 25.0 Å². The fraction of sp³-hybridized carbons (Fsp3) is 0.483. The van der Waals surface area contributed by atoms with E-state index in [1.807, 2.05) is 26.0 Å². The number of nitrogens with one attached hydrogen (secondary N) is 2. The molecular formula is C29H37F3N4O5S. The number of rotatable bonds is 14. The second-order valence-electron chi connectivity index (χ2n) is 10.3. The molecule has 3 rings (SSSR count). The fourth-order valence-corrected chi connectivity index (χ4v) is 5.51. The summed E-state index contributed by atoms with van der Waals surface area (Å²) in [6, 6.07) is 7.04. The monoisotopic (exact) mass is 610 g/mol. The SMILES string of the molecule is COCCOC(=O)C(Nc1ccc(CNC(=O)[C@@H]2SCCN2C(=O)C[C@H](N)Cc2cc(F)c(F)cc2F)cc1)C(C)C. The summed E-state index contributed by atoms with van der Waals surface area (Å²) in [7, 11) is 1.53. The van der Waals surface area contributed by atoms with Crippen LogP contribution in [0.5, 0.6) is 0 Å². The summed E-state index contributed by atoms with van der Waals surface area (Å²) in [6.07, 6.45) is -0.348. The molecule has 0 bridgehead atoms. The van der Waals surface area contributed by atoms with Crippen LogP contribution in [-0.4, -0.2) is 72.8 Å². The van der Waals surface area contributed by atoms with Gasteiger partial charge >= 0.3 is 5.97 Å². The lowest BCUT2D eigenvalue weighted by atomic mass is 10.0. The maximum absolute atomic E-state index is 14.0. The van der Waals surface area contributed by atoms with Crippen LogP contribution >= 0.6 is 11.8 Å². The van der Waals surface area contributed by atoms with E-state index in [2.05, 4.69) is 10.6 Å². The molecule has 1 saturated heterocycles. The molecule has 1 aliphatic rings. The van der Waals surface area contributed by atoms with Crippen LogP contribution in [0.15, 0.2) is 36.4 Å². The number of hydrogen-bond acceptors (Lipinski definition) is 8. The maximum atomic E-state index is 14.0. The van der Waals surface area contributed by atoms with Crippen molar-refractivity contribution in [2.75, 3.05) is 37.9 Å². The largest absolute Gasteiger partial charge is 0.462 e. The summed E-state index contributed by atoms with van der Waals surface area (Å²) in [5.74, 6) is -3.98. The second-order valence-corrected chi connectivity index (χ2v) is 11.5. The molecule has 0 spiro atoms. The van der Waals surface area contributed by atoms with Crippen molar-refractivity contribution in [1.82, 2.24) is 10.2 Å². The average molecular weight is 611 g/mol. The number of nitrogens with two attached hydrogens (primary N) is 1. The van der Waals surface area contributed by atoms with Gasteiger partial charge in [-0.2, -0.15) is 0 Å². The van der Waals surface area contributed by atoms with Crippen molar-refractivity contribution in [3.05, 3.63) is 65.0 Å². The van der Waals surface area contributed by atoms with E-state index in [1.54, 1.807) is 12.1 Å². The Balaban J connectivity index is 1.51. The molecule has 0 saturated carbocycles. The van der Waals surface area contributed by atoms with Gasteiger partial charge in [-0.15, -0.1) is 11.8 Å². The first kappa shape index (κ1) is 33.2. The Morgan fingerprint density at radius 3 is 2.43 bits per heavy atom. The van der Waals surface area contributed by atoms with Gasteiger partial charge < -0.3 is 30.7 Å². The van der Waals surface area contributed by atoms with Crippen LogP contribution in [0, 0.1) is 23.4 Å². The minimum absolute atomic E-state index is 0.0183. The number of carbonyl (C=O) groups is 3. The lowest BCUT2D eigenvalue weighted by molar-refractivity contribution is -0.146. The van der Waals surface area contributed by atoms with Gasteiger partial charge in [-0.1, -0.05) is 26.0 Å². The molecule has 2 aromatic carbocycles. The third-order valence-electron chi connectivity index (χ3n) is 6.64. The molecule has 230 valence electrons. The molecule has 4 N–H and O–H groups in total. The van der Waals surface area contributed by atoms with Gasteiger partial charge in [0.1, 0.15) is 18.5 Å². The number of methoxy groups -OCH3 is 1. The third-order valence-corrected chi connectivity index (χ3v) is 7.84. The summed E-state index contributed by atoms with van der Waals surface area (Å²) in [5, 5.41) is 5.28. The summed E-state index contributed by atoms with van der Waals surface area (Å²) >= 11 is 1.32. The average Bonchev–Trinajstić information content (AvgIpc) is 3.44. The van der Waals surface area contributed by atoms with Gasteiger partial charge in [-0.25, -0.2) is 18.0 Å². The molecule has 1 aliphatic heterocycles. The molecule has 2 amide bonds. The van der Waals surface area contributed by atoms with E-state index in [0.717, 1.165) is 17.3 Å². The number of halogens is 3. The molecule has 42 heavy (non-hydrogen) atoms. The highest BCUT2D eigenvalue weighted by molar-refractivity contribution is 8.00. The topological polar surface area (TPSA) is 123 Å². The maximum Gasteiger partial charge on any atom is 0.328 e. The standard InChI is InChI=1S/C29H37F3N4O5S/c1-17(2)26(29(39)41-10-9-40-3)35-21-6-4-18(5-7-21)16-34-27(38)28-36(8-11-42-28)25(37)14-20(33)12-19-13-23(31)24(32)15-22(19)30/h4-7,13,15,17,20,26,28,35H,8-12,14,16,33H2,1-3H3,(H,34,38)/t20-,26?,28+/m1/s1. The van der Waals surface area contributed by atoms with E-state index in [9.17, 15) is 27.6 Å². The Morgan fingerprint density at radius 2 is 1.76 bits per heavy atom. The first-order chi connectivity index (χ1) is 20.0. The molecule has 1 unspecified atom stereocenters. The van der Waals surface area contributed by atoms with Crippen LogP contribution in [0.1, 0.15) is 31.4 Å². The number of anilines is 1. The van der Waals surface area contributed by atoms with Gasteiger partial charge in [0, 0.05) is 50.2 Å². The minimum atomic E-state index is -1.30. The molecule has 1 heterocycles. The third kappa shape index (κ3) is 9.36. The van der Waals surface area contributed by atoms with Crippen molar-refractivity contribution in [3.63, 3.8) is 0 Å². The zero-order valence-electron chi connectivity index (χ0n) is 23.8. The molecule has 0 radical (unpaired) electrons. The van der Waals surface area contributed by atoms with Crippen LogP contribution in [0.4, 0.5) is 18.9 Å².